The molecular weight excluding hydrogens is 364 g/mol. The zero-order chi connectivity index (χ0) is 21.1. The molecule has 11 atom stereocenters. The van der Waals surface area contributed by atoms with Crippen LogP contribution >= 0.6 is 0 Å². The van der Waals surface area contributed by atoms with Crippen molar-refractivity contribution in [3.63, 3.8) is 0 Å². The molecule has 0 aliphatic heterocycles. The molecule has 0 radical (unpaired) electrons. The maximum absolute atomic E-state index is 11.5. The van der Waals surface area contributed by atoms with Crippen LogP contribution in [-0.4, -0.2) is 33.5 Å². The van der Waals surface area contributed by atoms with Gasteiger partial charge in [-0.15, -0.1) is 0 Å². The number of carboxylic acid groups (broad SMARTS) is 1. The SMILES string of the molecule is C[C@H](CCC(=O)O)C1CC[C@H]2C3[C@H](O)[C@H](C)C4C[C@H](O)CCC4(C)[C@H]3CCC12C. The molecule has 4 nitrogen and oxygen atoms in total. The van der Waals surface area contributed by atoms with Gasteiger partial charge in [0.05, 0.1) is 12.2 Å². The summed E-state index contributed by atoms with van der Waals surface area (Å²) in [4.78, 5) is 11.1. The van der Waals surface area contributed by atoms with E-state index in [9.17, 15) is 15.0 Å². The van der Waals surface area contributed by atoms with Gasteiger partial charge in [-0.25, -0.2) is 0 Å². The van der Waals surface area contributed by atoms with E-state index in [0.29, 0.717) is 35.5 Å². The first-order valence-corrected chi connectivity index (χ1v) is 12.2. The van der Waals surface area contributed by atoms with Gasteiger partial charge >= 0.3 is 5.97 Å². The van der Waals surface area contributed by atoms with E-state index in [2.05, 4.69) is 27.7 Å². The predicted molar refractivity (Wildman–Crippen MR) is 113 cm³/mol. The van der Waals surface area contributed by atoms with E-state index >= 15 is 0 Å². The molecule has 4 rings (SSSR count). The van der Waals surface area contributed by atoms with Crippen LogP contribution in [0.3, 0.4) is 0 Å². The highest BCUT2D eigenvalue weighted by Crippen LogP contribution is 2.69. The van der Waals surface area contributed by atoms with Crippen LogP contribution in [0.25, 0.3) is 0 Å². The molecular formula is C25H42O4. The van der Waals surface area contributed by atoms with Crippen LogP contribution in [0, 0.1) is 52.3 Å². The number of hydrogen-bond acceptors (Lipinski definition) is 3. The van der Waals surface area contributed by atoms with Crippen molar-refractivity contribution in [2.75, 3.05) is 0 Å². The average molecular weight is 407 g/mol. The second-order valence-electron chi connectivity index (χ2n) is 11.8. The highest BCUT2D eigenvalue weighted by molar-refractivity contribution is 5.66. The Kier molecular flexibility index (Phi) is 5.60. The van der Waals surface area contributed by atoms with Crippen LogP contribution < -0.4 is 0 Å². The van der Waals surface area contributed by atoms with Gasteiger partial charge in [0.2, 0.25) is 0 Å². The molecule has 166 valence electrons. The number of aliphatic carboxylic acids is 1. The summed E-state index contributed by atoms with van der Waals surface area (Å²) < 4.78 is 0. The van der Waals surface area contributed by atoms with E-state index < -0.39 is 5.97 Å². The summed E-state index contributed by atoms with van der Waals surface area (Å²) in [6.07, 6.45) is 8.22. The molecule has 0 aromatic carbocycles. The normalized spacial score (nSPS) is 52.9. The summed E-state index contributed by atoms with van der Waals surface area (Å²) in [5.41, 5.74) is 0.480. The lowest BCUT2D eigenvalue weighted by Crippen LogP contribution is -2.61. The number of fused-ring (bicyclic) bond motifs is 5. The third-order valence-corrected chi connectivity index (χ3v) is 10.7. The monoisotopic (exact) mass is 406 g/mol. The summed E-state index contributed by atoms with van der Waals surface area (Å²) >= 11 is 0. The van der Waals surface area contributed by atoms with E-state index in [1.54, 1.807) is 0 Å². The highest BCUT2D eigenvalue weighted by atomic mass is 16.4. The third-order valence-electron chi connectivity index (χ3n) is 10.7. The van der Waals surface area contributed by atoms with Crippen molar-refractivity contribution in [2.45, 2.75) is 97.7 Å². The topological polar surface area (TPSA) is 77.8 Å². The molecule has 4 aliphatic rings. The smallest absolute Gasteiger partial charge is 0.303 e. The van der Waals surface area contributed by atoms with Gasteiger partial charge in [0.25, 0.3) is 0 Å². The van der Waals surface area contributed by atoms with Crippen LogP contribution in [0.15, 0.2) is 0 Å². The van der Waals surface area contributed by atoms with Gasteiger partial charge < -0.3 is 15.3 Å². The van der Waals surface area contributed by atoms with Crippen molar-refractivity contribution in [2.24, 2.45) is 52.3 Å². The fourth-order valence-electron chi connectivity index (χ4n) is 9.18. The number of rotatable bonds is 4. The molecule has 29 heavy (non-hydrogen) atoms. The summed E-state index contributed by atoms with van der Waals surface area (Å²) in [5.74, 6) is 2.50. The Balaban J connectivity index is 1.59. The molecule has 5 unspecified atom stereocenters. The summed E-state index contributed by atoms with van der Waals surface area (Å²) in [5, 5.41) is 31.0. The van der Waals surface area contributed by atoms with Gasteiger partial charge in [-0.3, -0.25) is 4.79 Å². The van der Waals surface area contributed by atoms with Gasteiger partial charge in [0, 0.05) is 6.42 Å². The zero-order valence-corrected chi connectivity index (χ0v) is 18.8. The van der Waals surface area contributed by atoms with Crippen molar-refractivity contribution in [3.05, 3.63) is 0 Å². The minimum atomic E-state index is -0.685. The molecule has 3 N–H and O–H groups in total. The second-order valence-corrected chi connectivity index (χ2v) is 11.8. The van der Waals surface area contributed by atoms with Gasteiger partial charge in [-0.1, -0.05) is 27.7 Å². The number of aliphatic hydroxyl groups is 2. The average Bonchev–Trinajstić information content (AvgIpc) is 3.02. The van der Waals surface area contributed by atoms with Crippen LogP contribution in [0.4, 0.5) is 0 Å². The van der Waals surface area contributed by atoms with E-state index in [-0.39, 0.29) is 35.4 Å². The number of hydrogen-bond donors (Lipinski definition) is 3. The Morgan fingerprint density at radius 2 is 1.66 bits per heavy atom. The lowest BCUT2D eigenvalue weighted by Gasteiger charge is -2.64. The molecule has 0 spiro atoms. The first-order valence-electron chi connectivity index (χ1n) is 12.2. The summed E-state index contributed by atoms with van der Waals surface area (Å²) in [6, 6.07) is 0. The van der Waals surface area contributed by atoms with Crippen molar-refractivity contribution in [1.29, 1.82) is 0 Å². The van der Waals surface area contributed by atoms with E-state index in [1.165, 1.54) is 25.7 Å². The lowest BCUT2D eigenvalue weighted by molar-refractivity contribution is -0.199. The number of carbonyl (C=O) groups is 1. The summed E-state index contributed by atoms with van der Waals surface area (Å²) in [7, 11) is 0. The maximum atomic E-state index is 11.5. The molecule has 0 amide bonds. The fourth-order valence-corrected chi connectivity index (χ4v) is 9.18. The molecule has 4 fully saturated rings. The van der Waals surface area contributed by atoms with Crippen LogP contribution in [0.1, 0.15) is 85.5 Å². The van der Waals surface area contributed by atoms with Crippen molar-refractivity contribution in [1.82, 2.24) is 0 Å². The van der Waals surface area contributed by atoms with Crippen molar-refractivity contribution < 1.29 is 20.1 Å². The molecule has 4 heteroatoms. The van der Waals surface area contributed by atoms with Crippen LogP contribution in [0.2, 0.25) is 0 Å². The molecule has 4 saturated carbocycles. The van der Waals surface area contributed by atoms with Crippen molar-refractivity contribution in [3.8, 4) is 0 Å². The van der Waals surface area contributed by atoms with E-state index in [1.807, 2.05) is 0 Å². The second kappa shape index (κ2) is 7.51. The minimum absolute atomic E-state index is 0.195. The molecule has 0 aromatic heterocycles. The van der Waals surface area contributed by atoms with E-state index in [0.717, 1.165) is 25.7 Å². The Morgan fingerprint density at radius 1 is 1.00 bits per heavy atom. The van der Waals surface area contributed by atoms with Crippen LogP contribution in [0.5, 0.6) is 0 Å². The summed E-state index contributed by atoms with van der Waals surface area (Å²) in [6.45, 7) is 9.41. The largest absolute Gasteiger partial charge is 0.481 e. The van der Waals surface area contributed by atoms with Gasteiger partial charge in [-0.05, 0) is 104 Å². The first-order chi connectivity index (χ1) is 13.6. The Hall–Kier alpha value is -0.610. The minimum Gasteiger partial charge on any atom is -0.481 e. The number of aliphatic hydroxyl groups excluding tert-OH is 2. The Bertz CT molecular complexity index is 634. The Morgan fingerprint density at radius 3 is 2.34 bits per heavy atom. The molecule has 4 aliphatic carbocycles. The standard InChI is InChI=1S/C25H42O4/c1-14(5-8-21(27)28)17-6-7-18-22-19(10-12-24(17,18)3)25(4)11-9-16(26)13-20(25)15(2)23(22)29/h14-20,22-23,26,29H,5-13H2,1-4H3,(H,27,28)/t14-,15-,16-,17?,18+,19+,20?,22?,23-,24?,25?/m1/s1. The van der Waals surface area contributed by atoms with E-state index in [4.69, 9.17) is 5.11 Å². The number of carboxylic acids is 1. The Labute approximate surface area is 176 Å². The molecule has 0 heterocycles. The molecule has 0 aromatic rings. The zero-order valence-electron chi connectivity index (χ0n) is 18.8. The van der Waals surface area contributed by atoms with Gasteiger partial charge in [-0.2, -0.15) is 0 Å². The molecule has 0 bridgehead atoms. The quantitative estimate of drug-likeness (QED) is 0.631. The van der Waals surface area contributed by atoms with Gasteiger partial charge in [0.1, 0.15) is 0 Å². The van der Waals surface area contributed by atoms with Gasteiger partial charge in [0.15, 0.2) is 0 Å². The highest BCUT2D eigenvalue weighted by Gasteiger charge is 2.64. The lowest BCUT2D eigenvalue weighted by atomic mass is 9.42. The first kappa shape index (κ1) is 21.6. The third kappa shape index (κ3) is 3.28. The van der Waals surface area contributed by atoms with Crippen LogP contribution in [-0.2, 0) is 4.79 Å². The maximum Gasteiger partial charge on any atom is 0.303 e. The molecule has 0 saturated heterocycles. The fraction of sp³-hybridized carbons (Fsp3) is 0.960. The predicted octanol–water partition coefficient (Wildman–Crippen LogP) is 4.72. The van der Waals surface area contributed by atoms with Crippen molar-refractivity contribution >= 4 is 5.97 Å².